The monoisotopic (exact) mass is 262 g/mol. The number of morpholine rings is 1. The molecule has 5 nitrogen and oxygen atoms in total. The van der Waals surface area contributed by atoms with Crippen molar-refractivity contribution in [3.63, 3.8) is 0 Å². The van der Waals surface area contributed by atoms with Crippen molar-refractivity contribution in [1.29, 1.82) is 5.41 Å². The van der Waals surface area contributed by atoms with Crippen LogP contribution in [-0.2, 0) is 4.74 Å². The first-order chi connectivity index (χ1) is 8.69. The van der Waals surface area contributed by atoms with E-state index in [2.05, 4.69) is 37.6 Å². The van der Waals surface area contributed by atoms with Gasteiger partial charge in [-0.2, -0.15) is 0 Å². The molecule has 3 N–H and O–H groups in total. The van der Waals surface area contributed by atoms with E-state index < -0.39 is 0 Å². The second kappa shape index (κ2) is 4.49. The third-order valence-electron chi connectivity index (χ3n) is 3.08. The quantitative estimate of drug-likeness (QED) is 0.629. The van der Waals surface area contributed by atoms with Crippen LogP contribution in [0.15, 0.2) is 18.3 Å². The van der Waals surface area contributed by atoms with Gasteiger partial charge in [0.15, 0.2) is 0 Å². The van der Waals surface area contributed by atoms with E-state index in [0.717, 1.165) is 18.9 Å². The van der Waals surface area contributed by atoms with Gasteiger partial charge in [-0.1, -0.05) is 0 Å². The van der Waals surface area contributed by atoms with Gasteiger partial charge in [0.1, 0.15) is 11.7 Å². The molecule has 0 aromatic carbocycles. The fourth-order valence-corrected chi connectivity index (χ4v) is 2.71. The summed E-state index contributed by atoms with van der Waals surface area (Å²) in [5.74, 6) is 0.910. The summed E-state index contributed by atoms with van der Waals surface area (Å²) in [6, 6.07) is 3.61. The molecule has 19 heavy (non-hydrogen) atoms. The number of nitrogens with two attached hydrogens (primary N) is 1. The van der Waals surface area contributed by atoms with Crippen LogP contribution in [-0.4, -0.2) is 35.1 Å². The van der Waals surface area contributed by atoms with Gasteiger partial charge >= 0.3 is 0 Å². The van der Waals surface area contributed by atoms with Crippen LogP contribution < -0.4 is 10.6 Å². The predicted octanol–water partition coefficient (Wildman–Crippen LogP) is 1.76. The van der Waals surface area contributed by atoms with E-state index in [9.17, 15) is 0 Å². The molecule has 1 aliphatic rings. The summed E-state index contributed by atoms with van der Waals surface area (Å²) >= 11 is 0. The molecule has 5 heteroatoms. The highest BCUT2D eigenvalue weighted by Gasteiger charge is 2.38. The Kier molecular flexibility index (Phi) is 3.26. The van der Waals surface area contributed by atoms with E-state index >= 15 is 0 Å². The van der Waals surface area contributed by atoms with Crippen molar-refractivity contribution >= 4 is 11.7 Å². The zero-order valence-corrected chi connectivity index (χ0v) is 12.0. The number of nitrogens with one attached hydrogen (secondary N) is 1. The van der Waals surface area contributed by atoms with Crippen LogP contribution in [0.1, 0.15) is 33.3 Å². The van der Waals surface area contributed by atoms with Gasteiger partial charge in [0, 0.05) is 24.8 Å². The van der Waals surface area contributed by atoms with Gasteiger partial charge in [-0.25, -0.2) is 4.98 Å². The second-order valence-electron chi connectivity index (χ2n) is 6.29. The lowest BCUT2D eigenvalue weighted by molar-refractivity contribution is -0.133. The van der Waals surface area contributed by atoms with Crippen LogP contribution in [0.3, 0.4) is 0 Å². The largest absolute Gasteiger partial charge is 0.384 e. The average molecular weight is 262 g/mol. The topological polar surface area (TPSA) is 75.2 Å². The number of nitrogen functional groups attached to an aromatic ring is 1. The van der Waals surface area contributed by atoms with Gasteiger partial charge in [0.2, 0.25) is 0 Å². The van der Waals surface area contributed by atoms with E-state index in [1.54, 1.807) is 12.3 Å². The van der Waals surface area contributed by atoms with Gasteiger partial charge in [-0.05, 0) is 39.8 Å². The van der Waals surface area contributed by atoms with Crippen molar-refractivity contribution in [3.8, 4) is 0 Å². The Morgan fingerprint density at radius 1 is 1.32 bits per heavy atom. The molecule has 0 aliphatic carbocycles. The maximum absolute atomic E-state index is 7.51. The summed E-state index contributed by atoms with van der Waals surface area (Å²) in [5.41, 5.74) is 5.78. The van der Waals surface area contributed by atoms with Gasteiger partial charge < -0.3 is 15.4 Å². The molecular weight excluding hydrogens is 240 g/mol. The molecule has 1 fully saturated rings. The van der Waals surface area contributed by atoms with Crippen molar-refractivity contribution in [1.82, 2.24) is 4.98 Å². The van der Waals surface area contributed by atoms with Crippen molar-refractivity contribution in [2.45, 2.75) is 38.9 Å². The molecule has 1 aromatic heterocycles. The van der Waals surface area contributed by atoms with E-state index in [-0.39, 0.29) is 17.0 Å². The standard InChI is InChI=1S/C14H22N4O/c1-13(2)8-18(9-14(3,4)19-13)11-7-10(12(15)16)5-6-17-11/h5-7H,8-9H2,1-4H3,(H3,15,16). The Bertz CT molecular complexity index is 480. The molecule has 104 valence electrons. The van der Waals surface area contributed by atoms with Crippen LogP contribution in [0.25, 0.3) is 0 Å². The van der Waals surface area contributed by atoms with Gasteiger partial charge in [-0.15, -0.1) is 0 Å². The minimum atomic E-state index is -0.227. The van der Waals surface area contributed by atoms with Gasteiger partial charge in [0.05, 0.1) is 11.2 Å². The highest BCUT2D eigenvalue weighted by molar-refractivity contribution is 5.95. The zero-order valence-electron chi connectivity index (χ0n) is 12.0. The summed E-state index contributed by atoms with van der Waals surface area (Å²) < 4.78 is 6.05. The number of nitrogens with zero attached hydrogens (tertiary/aromatic N) is 2. The predicted molar refractivity (Wildman–Crippen MR) is 76.7 cm³/mol. The SMILES string of the molecule is CC1(C)CN(c2cc(C(=N)N)ccn2)CC(C)(C)O1. The van der Waals surface area contributed by atoms with E-state index in [0.29, 0.717) is 5.56 Å². The molecule has 0 atom stereocenters. The third-order valence-corrected chi connectivity index (χ3v) is 3.08. The third kappa shape index (κ3) is 3.23. The van der Waals surface area contributed by atoms with Crippen LogP contribution in [0, 0.1) is 5.41 Å². The first kappa shape index (κ1) is 13.8. The molecule has 0 bridgehead atoms. The molecule has 2 heterocycles. The highest BCUT2D eigenvalue weighted by atomic mass is 16.5. The summed E-state index contributed by atoms with van der Waals surface area (Å²) in [5, 5.41) is 7.51. The van der Waals surface area contributed by atoms with Gasteiger partial charge in [-0.3, -0.25) is 5.41 Å². The summed E-state index contributed by atoms with van der Waals surface area (Å²) in [4.78, 5) is 6.59. The number of hydrogen-bond acceptors (Lipinski definition) is 4. The normalized spacial score (nSPS) is 21.2. The molecule has 0 saturated carbocycles. The molecular formula is C14H22N4O. The second-order valence-corrected chi connectivity index (χ2v) is 6.29. The van der Waals surface area contributed by atoms with Crippen LogP contribution >= 0.6 is 0 Å². The maximum Gasteiger partial charge on any atom is 0.129 e. The Morgan fingerprint density at radius 2 is 1.89 bits per heavy atom. The summed E-state index contributed by atoms with van der Waals surface area (Å²) in [6.45, 7) is 9.85. The van der Waals surface area contributed by atoms with Crippen molar-refractivity contribution in [2.24, 2.45) is 5.73 Å². The number of pyridine rings is 1. The number of anilines is 1. The Balaban J connectivity index is 2.30. The molecule has 1 aliphatic heterocycles. The summed E-state index contributed by atoms with van der Waals surface area (Å²) in [7, 11) is 0. The maximum atomic E-state index is 7.51. The van der Waals surface area contributed by atoms with Crippen molar-refractivity contribution in [2.75, 3.05) is 18.0 Å². The highest BCUT2D eigenvalue weighted by Crippen LogP contribution is 2.30. The van der Waals surface area contributed by atoms with Crippen LogP contribution in [0.2, 0.25) is 0 Å². The van der Waals surface area contributed by atoms with Crippen LogP contribution in [0.5, 0.6) is 0 Å². The van der Waals surface area contributed by atoms with E-state index in [4.69, 9.17) is 15.9 Å². The average Bonchev–Trinajstić information content (AvgIpc) is 2.25. The smallest absolute Gasteiger partial charge is 0.129 e. The van der Waals surface area contributed by atoms with Crippen molar-refractivity contribution in [3.05, 3.63) is 23.9 Å². The Labute approximate surface area is 114 Å². The number of rotatable bonds is 2. The minimum Gasteiger partial charge on any atom is -0.384 e. The van der Waals surface area contributed by atoms with Crippen molar-refractivity contribution < 1.29 is 4.74 Å². The lowest BCUT2D eigenvalue weighted by Gasteiger charge is -2.47. The lowest BCUT2D eigenvalue weighted by Crippen LogP contribution is -2.57. The number of aromatic nitrogens is 1. The zero-order chi connectivity index (χ0) is 14.3. The Hall–Kier alpha value is -1.62. The molecule has 0 spiro atoms. The number of hydrogen-bond donors (Lipinski definition) is 2. The fraction of sp³-hybridized carbons (Fsp3) is 0.571. The fourth-order valence-electron chi connectivity index (χ4n) is 2.71. The van der Waals surface area contributed by atoms with Crippen LogP contribution in [0.4, 0.5) is 5.82 Å². The molecule has 0 radical (unpaired) electrons. The number of ether oxygens (including phenoxy) is 1. The molecule has 1 saturated heterocycles. The first-order valence-corrected chi connectivity index (χ1v) is 6.44. The van der Waals surface area contributed by atoms with E-state index in [1.165, 1.54) is 0 Å². The molecule has 2 rings (SSSR count). The summed E-state index contributed by atoms with van der Waals surface area (Å²) in [6.07, 6.45) is 1.70. The Morgan fingerprint density at radius 3 is 2.42 bits per heavy atom. The molecule has 0 unspecified atom stereocenters. The number of amidine groups is 1. The van der Waals surface area contributed by atoms with Gasteiger partial charge in [0.25, 0.3) is 0 Å². The lowest BCUT2D eigenvalue weighted by atomic mass is 9.99. The van der Waals surface area contributed by atoms with E-state index in [1.807, 2.05) is 6.07 Å². The minimum absolute atomic E-state index is 0.0652. The molecule has 0 amide bonds. The first-order valence-electron chi connectivity index (χ1n) is 6.44. The molecule has 1 aromatic rings.